The van der Waals surface area contributed by atoms with Crippen molar-refractivity contribution in [2.75, 3.05) is 0 Å². The monoisotopic (exact) mass is 394 g/mol. The van der Waals surface area contributed by atoms with Crippen LogP contribution in [0.15, 0.2) is 77.5 Å². The number of rotatable bonds is 4. The molecule has 1 aromatic heterocycles. The van der Waals surface area contributed by atoms with E-state index < -0.39 is 0 Å². The average Bonchev–Trinajstić information content (AvgIpc) is 3.00. The van der Waals surface area contributed by atoms with E-state index in [2.05, 4.69) is 99.6 Å². The Balaban J connectivity index is 0.000000269. The molecule has 0 saturated carbocycles. The SMILES string of the molecule is CC(Br)=CCB(c1ccccc1)c1ccccc1.Cc1nc[nH]c1C. The molecule has 0 amide bonds. The van der Waals surface area contributed by atoms with Crippen LogP contribution < -0.4 is 10.9 Å². The molecule has 1 N–H and O–H groups in total. The fraction of sp³-hybridized carbons (Fsp3) is 0.190. The second kappa shape index (κ2) is 10.0. The first-order valence-corrected chi connectivity index (χ1v) is 9.26. The molecule has 128 valence electrons. The van der Waals surface area contributed by atoms with Gasteiger partial charge in [0.2, 0.25) is 6.71 Å². The van der Waals surface area contributed by atoms with Gasteiger partial charge in [-0.25, -0.2) is 4.98 Å². The van der Waals surface area contributed by atoms with Gasteiger partial charge in [0.1, 0.15) is 0 Å². The van der Waals surface area contributed by atoms with Gasteiger partial charge in [0, 0.05) is 5.69 Å². The van der Waals surface area contributed by atoms with E-state index in [-0.39, 0.29) is 0 Å². The van der Waals surface area contributed by atoms with E-state index in [0.29, 0.717) is 6.71 Å². The van der Waals surface area contributed by atoms with Gasteiger partial charge in [-0.15, -0.1) is 0 Å². The van der Waals surface area contributed by atoms with Gasteiger partial charge in [0.25, 0.3) is 0 Å². The van der Waals surface area contributed by atoms with Crippen LogP contribution in [0.1, 0.15) is 18.3 Å². The lowest BCUT2D eigenvalue weighted by Crippen LogP contribution is -2.41. The Hall–Kier alpha value is -2.07. The fourth-order valence-corrected chi connectivity index (χ4v) is 2.73. The van der Waals surface area contributed by atoms with Gasteiger partial charge in [-0.1, -0.05) is 93.6 Å². The Labute approximate surface area is 159 Å². The molecule has 0 spiro atoms. The number of aromatic amines is 1. The van der Waals surface area contributed by atoms with Gasteiger partial charge in [-0.2, -0.15) is 0 Å². The first-order valence-electron chi connectivity index (χ1n) is 8.46. The molecule has 2 aromatic carbocycles. The summed E-state index contributed by atoms with van der Waals surface area (Å²) in [7, 11) is 0. The lowest BCUT2D eigenvalue weighted by atomic mass is 9.39. The van der Waals surface area contributed by atoms with E-state index >= 15 is 0 Å². The highest BCUT2D eigenvalue weighted by atomic mass is 79.9. The molecule has 0 saturated heterocycles. The fourth-order valence-electron chi connectivity index (χ4n) is 2.54. The Bertz CT molecular complexity index is 722. The number of imidazole rings is 1. The maximum absolute atomic E-state index is 3.96. The smallest absolute Gasteiger partial charge is 0.213 e. The number of aromatic nitrogens is 2. The molecule has 4 heteroatoms. The van der Waals surface area contributed by atoms with Crippen LogP contribution in [0, 0.1) is 13.8 Å². The maximum Gasteiger partial charge on any atom is 0.213 e. The molecule has 0 aliphatic carbocycles. The number of aryl methyl sites for hydroxylation is 2. The quantitative estimate of drug-likeness (QED) is 0.642. The van der Waals surface area contributed by atoms with Crippen LogP contribution in [0.5, 0.6) is 0 Å². The van der Waals surface area contributed by atoms with Gasteiger partial charge < -0.3 is 4.98 Å². The molecule has 2 nitrogen and oxygen atoms in total. The van der Waals surface area contributed by atoms with Crippen molar-refractivity contribution in [3.63, 3.8) is 0 Å². The highest BCUT2D eigenvalue weighted by molar-refractivity contribution is 9.11. The van der Waals surface area contributed by atoms with E-state index in [1.54, 1.807) is 6.33 Å². The van der Waals surface area contributed by atoms with Crippen LogP contribution in [0.2, 0.25) is 6.32 Å². The predicted octanol–water partition coefficient (Wildman–Crippen LogP) is 4.62. The molecule has 0 fully saturated rings. The highest BCUT2D eigenvalue weighted by Gasteiger charge is 2.16. The molecule has 0 unspecified atom stereocenters. The van der Waals surface area contributed by atoms with Crippen molar-refractivity contribution in [1.29, 1.82) is 0 Å². The van der Waals surface area contributed by atoms with Crippen molar-refractivity contribution in [3.05, 3.63) is 88.9 Å². The predicted molar refractivity (Wildman–Crippen MR) is 113 cm³/mol. The highest BCUT2D eigenvalue weighted by Crippen LogP contribution is 2.07. The van der Waals surface area contributed by atoms with Gasteiger partial charge in [0.05, 0.1) is 12.0 Å². The van der Waals surface area contributed by atoms with Crippen LogP contribution in [0.25, 0.3) is 0 Å². The van der Waals surface area contributed by atoms with Gasteiger partial charge in [-0.05, 0) is 31.6 Å². The van der Waals surface area contributed by atoms with E-state index in [1.165, 1.54) is 15.4 Å². The van der Waals surface area contributed by atoms with Crippen LogP contribution >= 0.6 is 15.9 Å². The Morgan fingerprint density at radius 3 is 1.84 bits per heavy atom. The Morgan fingerprint density at radius 1 is 1.00 bits per heavy atom. The Morgan fingerprint density at radius 2 is 1.52 bits per heavy atom. The van der Waals surface area contributed by atoms with Crippen molar-refractivity contribution in [2.24, 2.45) is 0 Å². The standard InChI is InChI=1S/C16H16BBr.C5H8N2/c1-14(18)12-13-17(15-8-4-2-5-9-15)16-10-6-3-7-11-16;1-4-5(2)7-3-6-4/h2-12H,13H2,1H3;3H,1-2H3,(H,6,7). The number of halogens is 1. The van der Waals surface area contributed by atoms with Crippen LogP contribution in [-0.2, 0) is 0 Å². The lowest BCUT2D eigenvalue weighted by molar-refractivity contribution is 1.22. The summed E-state index contributed by atoms with van der Waals surface area (Å²) in [6.45, 7) is 6.49. The summed E-state index contributed by atoms with van der Waals surface area (Å²) in [6, 6.07) is 21.4. The minimum Gasteiger partial charge on any atom is -0.348 e. The zero-order valence-electron chi connectivity index (χ0n) is 15.0. The third kappa shape index (κ3) is 6.39. The molecule has 1 heterocycles. The van der Waals surface area contributed by atoms with Crippen LogP contribution in [-0.4, -0.2) is 16.7 Å². The molecule has 0 aliphatic heterocycles. The summed E-state index contributed by atoms with van der Waals surface area (Å²) < 4.78 is 1.19. The number of hydrogen-bond acceptors (Lipinski definition) is 1. The normalized spacial score (nSPS) is 10.8. The first kappa shape index (κ1) is 19.3. The Kier molecular flexibility index (Phi) is 7.74. The van der Waals surface area contributed by atoms with E-state index in [9.17, 15) is 0 Å². The molecular weight excluding hydrogens is 371 g/mol. The molecule has 3 rings (SSSR count). The van der Waals surface area contributed by atoms with Crippen molar-refractivity contribution >= 4 is 33.6 Å². The third-order valence-corrected chi connectivity index (χ3v) is 4.44. The minimum atomic E-state index is 0.430. The maximum atomic E-state index is 3.96. The molecule has 0 radical (unpaired) electrons. The summed E-state index contributed by atoms with van der Waals surface area (Å²) in [4.78, 5) is 6.92. The van der Waals surface area contributed by atoms with E-state index in [4.69, 9.17) is 0 Å². The van der Waals surface area contributed by atoms with Crippen LogP contribution in [0.3, 0.4) is 0 Å². The number of nitrogens with one attached hydrogen (secondary N) is 1. The van der Waals surface area contributed by atoms with Gasteiger partial charge >= 0.3 is 0 Å². The number of benzene rings is 2. The van der Waals surface area contributed by atoms with Crippen molar-refractivity contribution in [3.8, 4) is 0 Å². The zero-order valence-corrected chi connectivity index (χ0v) is 16.6. The second-order valence-corrected chi connectivity index (χ2v) is 7.26. The first-order chi connectivity index (χ1) is 12.1. The average molecular weight is 395 g/mol. The second-order valence-electron chi connectivity index (χ2n) is 6.01. The van der Waals surface area contributed by atoms with E-state index in [1.807, 2.05) is 13.8 Å². The summed E-state index contributed by atoms with van der Waals surface area (Å²) in [6.07, 6.45) is 4.96. The van der Waals surface area contributed by atoms with Crippen molar-refractivity contribution in [1.82, 2.24) is 9.97 Å². The number of hydrogen-bond donors (Lipinski definition) is 1. The third-order valence-electron chi connectivity index (χ3n) is 4.12. The van der Waals surface area contributed by atoms with Gasteiger partial charge in [-0.3, -0.25) is 0 Å². The molecule has 25 heavy (non-hydrogen) atoms. The van der Waals surface area contributed by atoms with Gasteiger partial charge in [0.15, 0.2) is 0 Å². The lowest BCUT2D eigenvalue weighted by Gasteiger charge is -2.12. The number of H-pyrrole nitrogens is 1. The molecular formula is C21H24BBrN2. The molecule has 0 atom stereocenters. The topological polar surface area (TPSA) is 28.7 Å². The largest absolute Gasteiger partial charge is 0.348 e. The van der Waals surface area contributed by atoms with E-state index in [0.717, 1.165) is 17.7 Å². The summed E-state index contributed by atoms with van der Waals surface area (Å²) in [5, 5.41) is 0. The number of allylic oxidation sites excluding steroid dienone is 2. The zero-order chi connectivity index (χ0) is 18.1. The summed E-state index contributed by atoms with van der Waals surface area (Å²) >= 11 is 3.51. The number of nitrogens with zero attached hydrogens (tertiary/aromatic N) is 1. The molecule has 3 aromatic rings. The minimum absolute atomic E-state index is 0.430. The van der Waals surface area contributed by atoms with Crippen LogP contribution in [0.4, 0.5) is 0 Å². The van der Waals surface area contributed by atoms with Crippen molar-refractivity contribution < 1.29 is 0 Å². The molecule has 0 aliphatic rings. The molecule has 0 bridgehead atoms. The summed E-state index contributed by atoms with van der Waals surface area (Å²) in [5.41, 5.74) is 4.97. The van der Waals surface area contributed by atoms with Crippen molar-refractivity contribution in [2.45, 2.75) is 27.1 Å². The summed E-state index contributed by atoms with van der Waals surface area (Å²) in [5.74, 6) is 0.